The molecule has 0 aromatic carbocycles. The highest BCUT2D eigenvalue weighted by Gasteiger charge is 2.13. The number of ether oxygens (including phenoxy) is 1. The minimum absolute atomic E-state index is 0.480. The van der Waals surface area contributed by atoms with Gasteiger partial charge in [-0.2, -0.15) is 0 Å². The lowest BCUT2D eigenvalue weighted by Gasteiger charge is -2.23. The number of aromatic nitrogens is 1. The molecule has 0 unspecified atom stereocenters. The summed E-state index contributed by atoms with van der Waals surface area (Å²) in [5.74, 6) is 1.12. The van der Waals surface area contributed by atoms with Crippen molar-refractivity contribution in [1.82, 2.24) is 10.3 Å². The monoisotopic (exact) mass is 262 g/mol. The Morgan fingerprint density at radius 3 is 3.00 bits per heavy atom. The van der Waals surface area contributed by atoms with Crippen LogP contribution in [0.15, 0.2) is 23.3 Å². The van der Waals surface area contributed by atoms with Crippen LogP contribution in [0.2, 0.25) is 0 Å². The van der Waals surface area contributed by atoms with Crippen LogP contribution in [-0.4, -0.2) is 24.1 Å². The summed E-state index contributed by atoms with van der Waals surface area (Å²) in [6, 6.07) is 4.30. The molecule has 1 aliphatic rings. The molecule has 1 aromatic rings. The normalized spacial score (nSPS) is 17.2. The maximum Gasteiger partial charge on any atom is 0.218 e. The van der Waals surface area contributed by atoms with Gasteiger partial charge in [-0.15, -0.1) is 0 Å². The molecular formula is C14H22N4O. The van der Waals surface area contributed by atoms with E-state index in [1.165, 1.54) is 32.1 Å². The van der Waals surface area contributed by atoms with E-state index in [0.29, 0.717) is 24.4 Å². The van der Waals surface area contributed by atoms with E-state index >= 15 is 0 Å². The standard InChI is InChI=1S/C14H22N4O/c1-19-13-11(6-5-9-16-13)10-17-14(15)18-12-7-3-2-4-8-12/h5-6,9,12H,2-4,7-8,10H2,1H3,(H3,15,17,18). The topological polar surface area (TPSA) is 72.5 Å². The van der Waals surface area contributed by atoms with Gasteiger partial charge in [0.15, 0.2) is 5.96 Å². The van der Waals surface area contributed by atoms with E-state index in [4.69, 9.17) is 10.5 Å². The number of guanidine groups is 1. The molecule has 1 heterocycles. The van der Waals surface area contributed by atoms with Crippen LogP contribution in [0.3, 0.4) is 0 Å². The number of nitrogens with one attached hydrogen (secondary N) is 1. The molecule has 1 saturated carbocycles. The lowest BCUT2D eigenvalue weighted by Crippen LogP contribution is -2.41. The average molecular weight is 262 g/mol. The highest BCUT2D eigenvalue weighted by Crippen LogP contribution is 2.17. The second-order valence-electron chi connectivity index (χ2n) is 4.85. The van der Waals surface area contributed by atoms with Gasteiger partial charge in [0, 0.05) is 17.8 Å². The first-order valence-electron chi connectivity index (χ1n) is 6.84. The van der Waals surface area contributed by atoms with Crippen LogP contribution in [0.4, 0.5) is 0 Å². The molecule has 0 radical (unpaired) electrons. The first kappa shape index (κ1) is 13.6. The van der Waals surface area contributed by atoms with Crippen LogP contribution in [0.1, 0.15) is 37.7 Å². The summed E-state index contributed by atoms with van der Waals surface area (Å²) < 4.78 is 5.19. The number of hydrogen-bond acceptors (Lipinski definition) is 3. The van der Waals surface area contributed by atoms with Crippen molar-refractivity contribution in [2.45, 2.75) is 44.7 Å². The van der Waals surface area contributed by atoms with Gasteiger partial charge in [-0.3, -0.25) is 0 Å². The van der Waals surface area contributed by atoms with Crippen molar-refractivity contribution in [3.05, 3.63) is 23.9 Å². The lowest BCUT2D eigenvalue weighted by molar-refractivity contribution is 0.392. The molecule has 2 rings (SSSR count). The number of methoxy groups -OCH3 is 1. The van der Waals surface area contributed by atoms with E-state index in [1.54, 1.807) is 13.3 Å². The summed E-state index contributed by atoms with van der Waals surface area (Å²) in [6.45, 7) is 0.489. The Morgan fingerprint density at radius 1 is 1.47 bits per heavy atom. The number of rotatable bonds is 4. The SMILES string of the molecule is COc1ncccc1CN=C(N)NC1CCCCC1. The summed E-state index contributed by atoms with van der Waals surface area (Å²) in [5, 5.41) is 3.29. The summed E-state index contributed by atoms with van der Waals surface area (Å²) in [6.07, 6.45) is 7.97. The first-order chi connectivity index (χ1) is 9.29. The van der Waals surface area contributed by atoms with E-state index in [1.807, 2.05) is 12.1 Å². The summed E-state index contributed by atoms with van der Waals surface area (Å²) in [4.78, 5) is 8.50. The van der Waals surface area contributed by atoms with E-state index in [2.05, 4.69) is 15.3 Å². The van der Waals surface area contributed by atoms with Crippen molar-refractivity contribution in [2.75, 3.05) is 7.11 Å². The van der Waals surface area contributed by atoms with Crippen LogP contribution < -0.4 is 15.8 Å². The Hall–Kier alpha value is -1.78. The first-order valence-corrected chi connectivity index (χ1v) is 6.84. The molecule has 104 valence electrons. The fourth-order valence-electron chi connectivity index (χ4n) is 2.40. The molecular weight excluding hydrogens is 240 g/mol. The Bertz CT molecular complexity index is 427. The van der Waals surface area contributed by atoms with Crippen LogP contribution in [0.5, 0.6) is 5.88 Å². The van der Waals surface area contributed by atoms with Crippen molar-refractivity contribution in [2.24, 2.45) is 10.7 Å². The average Bonchev–Trinajstić information content (AvgIpc) is 2.46. The van der Waals surface area contributed by atoms with E-state index in [-0.39, 0.29) is 0 Å². The molecule has 0 bridgehead atoms. The number of aliphatic imine (C=N–C) groups is 1. The summed E-state index contributed by atoms with van der Waals surface area (Å²) in [7, 11) is 1.61. The highest BCUT2D eigenvalue weighted by atomic mass is 16.5. The molecule has 0 atom stereocenters. The zero-order valence-corrected chi connectivity index (χ0v) is 11.4. The molecule has 1 fully saturated rings. The second-order valence-corrected chi connectivity index (χ2v) is 4.85. The zero-order chi connectivity index (χ0) is 13.5. The third-order valence-corrected chi connectivity index (χ3v) is 3.42. The minimum Gasteiger partial charge on any atom is -0.481 e. The van der Waals surface area contributed by atoms with Crippen LogP contribution in [0, 0.1) is 0 Å². The molecule has 0 amide bonds. The summed E-state index contributed by atoms with van der Waals surface area (Å²) >= 11 is 0. The van der Waals surface area contributed by atoms with Crippen molar-refractivity contribution >= 4 is 5.96 Å². The molecule has 0 spiro atoms. The van der Waals surface area contributed by atoms with Gasteiger partial charge in [0.25, 0.3) is 0 Å². The van der Waals surface area contributed by atoms with Crippen molar-refractivity contribution in [3.63, 3.8) is 0 Å². The number of nitrogens with two attached hydrogens (primary N) is 1. The van der Waals surface area contributed by atoms with Gasteiger partial charge in [0.05, 0.1) is 13.7 Å². The third kappa shape index (κ3) is 4.12. The van der Waals surface area contributed by atoms with Crippen molar-refractivity contribution in [3.8, 4) is 5.88 Å². The van der Waals surface area contributed by atoms with Crippen LogP contribution in [0.25, 0.3) is 0 Å². The predicted octanol–water partition coefficient (Wildman–Crippen LogP) is 1.83. The fourth-order valence-corrected chi connectivity index (χ4v) is 2.40. The molecule has 19 heavy (non-hydrogen) atoms. The predicted molar refractivity (Wildman–Crippen MR) is 76.1 cm³/mol. The smallest absolute Gasteiger partial charge is 0.218 e. The van der Waals surface area contributed by atoms with Gasteiger partial charge >= 0.3 is 0 Å². The number of nitrogens with zero attached hydrogens (tertiary/aromatic N) is 2. The zero-order valence-electron chi connectivity index (χ0n) is 11.4. The maximum atomic E-state index is 5.92. The van der Waals surface area contributed by atoms with E-state index in [0.717, 1.165) is 5.56 Å². The van der Waals surface area contributed by atoms with E-state index in [9.17, 15) is 0 Å². The maximum absolute atomic E-state index is 5.92. The largest absolute Gasteiger partial charge is 0.481 e. The molecule has 1 aromatic heterocycles. The Morgan fingerprint density at radius 2 is 2.26 bits per heavy atom. The van der Waals surface area contributed by atoms with Gasteiger partial charge in [0.1, 0.15) is 0 Å². The highest BCUT2D eigenvalue weighted by molar-refractivity contribution is 5.78. The fraction of sp³-hybridized carbons (Fsp3) is 0.571. The Balaban J connectivity index is 1.89. The number of hydrogen-bond donors (Lipinski definition) is 2. The summed E-state index contributed by atoms with van der Waals surface area (Å²) in [5.41, 5.74) is 6.86. The van der Waals surface area contributed by atoms with Gasteiger partial charge in [-0.25, -0.2) is 9.98 Å². The number of pyridine rings is 1. The molecule has 1 aliphatic carbocycles. The van der Waals surface area contributed by atoms with E-state index < -0.39 is 0 Å². The van der Waals surface area contributed by atoms with Crippen molar-refractivity contribution in [1.29, 1.82) is 0 Å². The Kier molecular flexibility index (Phi) is 5.01. The molecule has 5 nitrogen and oxygen atoms in total. The van der Waals surface area contributed by atoms with Crippen molar-refractivity contribution < 1.29 is 4.74 Å². The van der Waals surface area contributed by atoms with Gasteiger partial charge < -0.3 is 15.8 Å². The Labute approximate surface area is 114 Å². The van der Waals surface area contributed by atoms with Crippen LogP contribution in [-0.2, 0) is 6.54 Å². The molecule has 0 saturated heterocycles. The second kappa shape index (κ2) is 6.97. The third-order valence-electron chi connectivity index (χ3n) is 3.42. The molecule has 0 aliphatic heterocycles. The van der Waals surface area contributed by atoms with Gasteiger partial charge in [-0.1, -0.05) is 25.3 Å². The minimum atomic E-state index is 0.480. The lowest BCUT2D eigenvalue weighted by atomic mass is 9.96. The van der Waals surface area contributed by atoms with Gasteiger partial charge in [-0.05, 0) is 18.9 Å². The quantitative estimate of drug-likeness (QED) is 0.641. The molecule has 5 heteroatoms. The van der Waals surface area contributed by atoms with Crippen LogP contribution >= 0.6 is 0 Å². The molecule has 3 N–H and O–H groups in total. The van der Waals surface area contributed by atoms with Gasteiger partial charge in [0.2, 0.25) is 5.88 Å².